The third-order valence-electron chi connectivity index (χ3n) is 3.86. The number of alkyl halides is 3. The van der Waals surface area contributed by atoms with E-state index in [0.717, 1.165) is 41.7 Å². The van der Waals surface area contributed by atoms with Crippen LogP contribution in [0.5, 0.6) is 0 Å². The summed E-state index contributed by atoms with van der Waals surface area (Å²) in [6, 6.07) is 10.0. The van der Waals surface area contributed by atoms with Crippen LogP contribution < -0.4 is 4.90 Å². The molecule has 0 radical (unpaired) electrons. The number of halogens is 3. The monoisotopic (exact) mass is 352 g/mol. The zero-order valence-electron chi connectivity index (χ0n) is 12.9. The average Bonchev–Trinajstić information content (AvgIpc) is 2.97. The summed E-state index contributed by atoms with van der Waals surface area (Å²) < 4.78 is 37.6. The van der Waals surface area contributed by atoms with Crippen LogP contribution in [0.2, 0.25) is 0 Å². The number of anilines is 1. The molecule has 126 valence electrons. The summed E-state index contributed by atoms with van der Waals surface area (Å²) in [5.74, 6) is -0.0633. The first-order valence-electron chi connectivity index (χ1n) is 7.45. The second-order valence-electron chi connectivity index (χ2n) is 5.51. The number of aromatic nitrogens is 1. The lowest BCUT2D eigenvalue weighted by atomic mass is 10.2. The van der Waals surface area contributed by atoms with Gasteiger partial charge >= 0.3 is 6.18 Å². The number of pyridine rings is 1. The quantitative estimate of drug-likeness (QED) is 0.778. The standard InChI is InChI=1S/C17H15F3N2OS/c1-11(24-15-7-6-13(10-21-15)17(18,19)20)16(23)22-9-8-12-4-2-3-5-14(12)22/h2-7,10-11H,8-9H2,1H3. The van der Waals surface area contributed by atoms with Crippen LogP contribution in [0.3, 0.4) is 0 Å². The summed E-state index contributed by atoms with van der Waals surface area (Å²) >= 11 is 1.16. The van der Waals surface area contributed by atoms with Gasteiger partial charge in [0.1, 0.15) is 0 Å². The summed E-state index contributed by atoms with van der Waals surface area (Å²) in [5.41, 5.74) is 1.25. The van der Waals surface area contributed by atoms with E-state index in [1.807, 2.05) is 24.3 Å². The van der Waals surface area contributed by atoms with Gasteiger partial charge in [-0.2, -0.15) is 13.2 Å². The Bertz CT molecular complexity index is 746. The Hall–Kier alpha value is -2.02. The van der Waals surface area contributed by atoms with Crippen LogP contribution in [0.25, 0.3) is 0 Å². The Morgan fingerprint density at radius 1 is 1.25 bits per heavy atom. The number of amides is 1. The van der Waals surface area contributed by atoms with Gasteiger partial charge in [-0.1, -0.05) is 30.0 Å². The van der Waals surface area contributed by atoms with Gasteiger partial charge in [-0.3, -0.25) is 4.79 Å². The van der Waals surface area contributed by atoms with Crippen molar-refractivity contribution in [3.8, 4) is 0 Å². The summed E-state index contributed by atoms with van der Waals surface area (Å²) in [4.78, 5) is 18.2. The van der Waals surface area contributed by atoms with Gasteiger partial charge in [0.2, 0.25) is 5.91 Å². The number of nitrogens with zero attached hydrogens (tertiary/aromatic N) is 2. The largest absolute Gasteiger partial charge is 0.417 e. The summed E-state index contributed by atoms with van der Waals surface area (Å²) in [6.45, 7) is 2.37. The fourth-order valence-electron chi connectivity index (χ4n) is 2.64. The minimum absolute atomic E-state index is 0.0633. The van der Waals surface area contributed by atoms with Crippen molar-refractivity contribution in [2.45, 2.75) is 29.8 Å². The molecule has 7 heteroatoms. The van der Waals surface area contributed by atoms with E-state index < -0.39 is 17.0 Å². The lowest BCUT2D eigenvalue weighted by Gasteiger charge is -2.21. The molecule has 0 aliphatic carbocycles. The first kappa shape index (κ1) is 16.8. The first-order valence-corrected chi connectivity index (χ1v) is 8.33. The Balaban J connectivity index is 1.69. The molecule has 0 saturated heterocycles. The normalized spacial score (nSPS) is 15.2. The van der Waals surface area contributed by atoms with Gasteiger partial charge < -0.3 is 4.90 Å². The molecule has 1 aromatic carbocycles. The van der Waals surface area contributed by atoms with Crippen LogP contribution in [0.15, 0.2) is 47.6 Å². The number of para-hydroxylation sites is 1. The molecule has 0 spiro atoms. The predicted molar refractivity (Wildman–Crippen MR) is 87.1 cm³/mol. The third kappa shape index (κ3) is 3.40. The minimum Gasteiger partial charge on any atom is -0.311 e. The maximum atomic E-state index is 12.6. The van der Waals surface area contributed by atoms with Gasteiger partial charge in [0, 0.05) is 18.4 Å². The molecular formula is C17H15F3N2OS. The lowest BCUT2D eigenvalue weighted by molar-refractivity contribution is -0.137. The lowest BCUT2D eigenvalue weighted by Crippen LogP contribution is -2.35. The van der Waals surface area contributed by atoms with Crippen molar-refractivity contribution in [2.24, 2.45) is 0 Å². The second-order valence-corrected chi connectivity index (χ2v) is 6.87. The third-order valence-corrected chi connectivity index (χ3v) is 4.90. The smallest absolute Gasteiger partial charge is 0.311 e. The van der Waals surface area contributed by atoms with Crippen molar-refractivity contribution in [1.82, 2.24) is 4.98 Å². The molecule has 0 fully saturated rings. The highest BCUT2D eigenvalue weighted by Crippen LogP contribution is 2.32. The van der Waals surface area contributed by atoms with E-state index in [9.17, 15) is 18.0 Å². The molecule has 1 atom stereocenters. The van der Waals surface area contributed by atoms with Crippen molar-refractivity contribution in [3.05, 3.63) is 53.7 Å². The topological polar surface area (TPSA) is 33.2 Å². The van der Waals surface area contributed by atoms with Gasteiger partial charge in [-0.25, -0.2) is 4.98 Å². The van der Waals surface area contributed by atoms with Gasteiger partial charge in [0.25, 0.3) is 0 Å². The number of hydrogen-bond donors (Lipinski definition) is 0. The highest BCUT2D eigenvalue weighted by molar-refractivity contribution is 8.00. The highest BCUT2D eigenvalue weighted by Gasteiger charge is 2.31. The van der Waals surface area contributed by atoms with E-state index in [2.05, 4.69) is 4.98 Å². The van der Waals surface area contributed by atoms with E-state index in [4.69, 9.17) is 0 Å². The SMILES string of the molecule is CC(Sc1ccc(C(F)(F)F)cn1)C(=O)N1CCc2ccccc21. The molecule has 1 aliphatic rings. The number of carbonyl (C=O) groups is 1. The molecule has 0 saturated carbocycles. The number of hydrogen-bond acceptors (Lipinski definition) is 3. The summed E-state index contributed by atoms with van der Waals surface area (Å²) in [6.07, 6.45) is -2.79. The number of rotatable bonds is 3. The number of thioether (sulfide) groups is 1. The summed E-state index contributed by atoms with van der Waals surface area (Å²) in [5, 5.41) is -0.0308. The molecule has 2 heterocycles. The Labute approximate surface area is 141 Å². The maximum Gasteiger partial charge on any atom is 0.417 e. The molecule has 0 bridgehead atoms. The molecular weight excluding hydrogens is 337 g/mol. The fraction of sp³-hybridized carbons (Fsp3) is 0.294. The van der Waals surface area contributed by atoms with Crippen LogP contribution in [-0.2, 0) is 17.4 Å². The van der Waals surface area contributed by atoms with Crippen molar-refractivity contribution in [3.63, 3.8) is 0 Å². The van der Waals surface area contributed by atoms with Crippen LogP contribution in [0.1, 0.15) is 18.1 Å². The molecule has 3 rings (SSSR count). The molecule has 1 amide bonds. The number of benzene rings is 1. The first-order chi connectivity index (χ1) is 11.4. The molecule has 1 aliphatic heterocycles. The number of fused-ring (bicyclic) bond motifs is 1. The van der Waals surface area contributed by atoms with Crippen LogP contribution >= 0.6 is 11.8 Å². The Morgan fingerprint density at radius 2 is 2.00 bits per heavy atom. The average molecular weight is 352 g/mol. The highest BCUT2D eigenvalue weighted by atomic mass is 32.2. The number of carbonyl (C=O) groups excluding carboxylic acids is 1. The molecule has 0 N–H and O–H groups in total. The van der Waals surface area contributed by atoms with Crippen molar-refractivity contribution in [2.75, 3.05) is 11.4 Å². The van der Waals surface area contributed by atoms with E-state index in [0.29, 0.717) is 11.6 Å². The van der Waals surface area contributed by atoms with E-state index in [1.165, 1.54) is 6.07 Å². The van der Waals surface area contributed by atoms with Crippen LogP contribution in [-0.4, -0.2) is 22.7 Å². The Morgan fingerprint density at radius 3 is 2.67 bits per heavy atom. The van der Waals surface area contributed by atoms with Crippen molar-refractivity contribution >= 4 is 23.4 Å². The van der Waals surface area contributed by atoms with Gasteiger partial charge in [0.15, 0.2) is 0 Å². The second kappa shape index (κ2) is 6.47. The fourth-order valence-corrected chi connectivity index (χ4v) is 3.49. The summed E-state index contributed by atoms with van der Waals surface area (Å²) in [7, 11) is 0. The molecule has 3 nitrogen and oxygen atoms in total. The zero-order chi connectivity index (χ0) is 17.3. The van der Waals surface area contributed by atoms with Crippen LogP contribution in [0, 0.1) is 0 Å². The van der Waals surface area contributed by atoms with Crippen molar-refractivity contribution < 1.29 is 18.0 Å². The van der Waals surface area contributed by atoms with Crippen LogP contribution in [0.4, 0.5) is 18.9 Å². The van der Waals surface area contributed by atoms with Crippen molar-refractivity contribution in [1.29, 1.82) is 0 Å². The maximum absolute atomic E-state index is 12.6. The van der Waals surface area contributed by atoms with E-state index in [-0.39, 0.29) is 5.91 Å². The van der Waals surface area contributed by atoms with Gasteiger partial charge in [-0.15, -0.1) is 0 Å². The molecule has 1 aromatic heterocycles. The van der Waals surface area contributed by atoms with Gasteiger partial charge in [-0.05, 0) is 37.1 Å². The Kier molecular flexibility index (Phi) is 4.54. The molecule has 1 unspecified atom stereocenters. The van der Waals surface area contributed by atoms with Gasteiger partial charge in [0.05, 0.1) is 15.8 Å². The van der Waals surface area contributed by atoms with E-state index >= 15 is 0 Å². The molecule has 2 aromatic rings. The van der Waals surface area contributed by atoms with E-state index in [1.54, 1.807) is 11.8 Å². The molecule has 24 heavy (non-hydrogen) atoms. The zero-order valence-corrected chi connectivity index (χ0v) is 13.7. The minimum atomic E-state index is -4.41. The predicted octanol–water partition coefficient (Wildman–Crippen LogP) is 4.17.